The molecule has 0 radical (unpaired) electrons. The van der Waals surface area contributed by atoms with Crippen LogP contribution in [-0.2, 0) is 4.74 Å². The largest absolute Gasteiger partial charge is 0.381 e. The van der Waals surface area contributed by atoms with Crippen LogP contribution in [0, 0.1) is 13.8 Å². The molecule has 2 aromatic rings. The Balaban J connectivity index is 1.54. The van der Waals surface area contributed by atoms with E-state index in [0.717, 1.165) is 61.4 Å². The Kier molecular flexibility index (Phi) is 5.02. The van der Waals surface area contributed by atoms with E-state index in [1.165, 1.54) is 0 Å². The summed E-state index contributed by atoms with van der Waals surface area (Å²) in [6, 6.07) is 6.03. The second-order valence-corrected chi connectivity index (χ2v) is 5.81. The molecule has 3 rings (SSSR count). The summed E-state index contributed by atoms with van der Waals surface area (Å²) in [7, 11) is 0. The van der Waals surface area contributed by atoms with Crippen LogP contribution >= 0.6 is 0 Å². The number of pyridine rings is 1. The maximum absolute atomic E-state index is 5.45. The molecular weight excluding hydrogens is 290 g/mol. The molecule has 1 saturated heterocycles. The minimum Gasteiger partial charge on any atom is -0.381 e. The summed E-state index contributed by atoms with van der Waals surface area (Å²) >= 11 is 0. The summed E-state index contributed by atoms with van der Waals surface area (Å²) in [6.07, 6.45) is 2.84. The van der Waals surface area contributed by atoms with Gasteiger partial charge in [-0.1, -0.05) is 6.07 Å². The van der Waals surface area contributed by atoms with E-state index in [1.807, 2.05) is 32.0 Å². The lowest BCUT2D eigenvalue weighted by atomic mass is 10.0. The number of aromatic nitrogens is 3. The van der Waals surface area contributed by atoms with Gasteiger partial charge in [0.2, 0.25) is 0 Å². The predicted molar refractivity (Wildman–Crippen MR) is 90.9 cm³/mol. The van der Waals surface area contributed by atoms with Crippen molar-refractivity contribution >= 4 is 11.6 Å². The molecule has 122 valence electrons. The van der Waals surface area contributed by atoms with E-state index < -0.39 is 0 Å². The Bertz CT molecular complexity index is 655. The number of nitrogens with zero attached hydrogens (tertiary/aromatic N) is 3. The maximum Gasteiger partial charge on any atom is 0.129 e. The molecule has 3 heterocycles. The fourth-order valence-electron chi connectivity index (χ4n) is 2.70. The van der Waals surface area contributed by atoms with Crippen molar-refractivity contribution in [3.05, 3.63) is 41.5 Å². The van der Waals surface area contributed by atoms with Gasteiger partial charge in [-0.25, -0.2) is 15.0 Å². The van der Waals surface area contributed by atoms with Crippen molar-refractivity contribution in [3.63, 3.8) is 0 Å². The van der Waals surface area contributed by atoms with Crippen LogP contribution in [0.15, 0.2) is 24.4 Å². The van der Waals surface area contributed by atoms with Gasteiger partial charge in [0.25, 0.3) is 0 Å². The molecule has 0 unspecified atom stereocenters. The van der Waals surface area contributed by atoms with Crippen LogP contribution < -0.4 is 10.6 Å². The van der Waals surface area contributed by atoms with Crippen LogP contribution in [0.3, 0.4) is 0 Å². The number of hydrogen-bond donors (Lipinski definition) is 2. The molecule has 6 nitrogen and oxygen atoms in total. The van der Waals surface area contributed by atoms with Crippen LogP contribution in [0.4, 0.5) is 11.6 Å². The molecule has 23 heavy (non-hydrogen) atoms. The molecule has 1 fully saturated rings. The van der Waals surface area contributed by atoms with E-state index in [4.69, 9.17) is 4.74 Å². The van der Waals surface area contributed by atoms with Crippen molar-refractivity contribution in [2.45, 2.75) is 26.2 Å². The average Bonchev–Trinajstić information content (AvgIpc) is 3.07. The molecule has 0 spiro atoms. The molecule has 0 aliphatic carbocycles. The third kappa shape index (κ3) is 4.16. The topological polar surface area (TPSA) is 72.0 Å². The van der Waals surface area contributed by atoms with Crippen LogP contribution in [0.2, 0.25) is 0 Å². The minimum absolute atomic E-state index is 0.395. The van der Waals surface area contributed by atoms with E-state index in [2.05, 4.69) is 25.6 Å². The van der Waals surface area contributed by atoms with Gasteiger partial charge in [-0.3, -0.25) is 0 Å². The van der Waals surface area contributed by atoms with Crippen molar-refractivity contribution < 1.29 is 4.74 Å². The number of ether oxygens (including phenoxy) is 1. The first-order valence-electron chi connectivity index (χ1n) is 8.05. The van der Waals surface area contributed by atoms with E-state index in [-0.39, 0.29) is 0 Å². The summed E-state index contributed by atoms with van der Waals surface area (Å²) in [6.45, 7) is 7.11. The number of nitrogens with one attached hydrogen (secondary N) is 2. The highest BCUT2D eigenvalue weighted by Crippen LogP contribution is 2.24. The monoisotopic (exact) mass is 313 g/mol. The van der Waals surface area contributed by atoms with Crippen molar-refractivity contribution in [3.8, 4) is 0 Å². The fraction of sp³-hybridized carbons (Fsp3) is 0.471. The Hall–Kier alpha value is -2.21. The third-order valence-electron chi connectivity index (χ3n) is 3.94. The molecule has 1 aliphatic rings. The molecule has 2 N–H and O–H groups in total. The number of aryl methyl sites for hydroxylation is 2. The molecule has 0 saturated carbocycles. The van der Waals surface area contributed by atoms with Gasteiger partial charge in [0.1, 0.15) is 17.5 Å². The molecule has 0 aromatic carbocycles. The van der Waals surface area contributed by atoms with E-state index in [1.54, 1.807) is 6.20 Å². The number of anilines is 2. The van der Waals surface area contributed by atoms with Crippen molar-refractivity contribution in [2.24, 2.45) is 0 Å². The van der Waals surface area contributed by atoms with Gasteiger partial charge in [-0.2, -0.15) is 0 Å². The Morgan fingerprint density at radius 2 is 2.09 bits per heavy atom. The van der Waals surface area contributed by atoms with Gasteiger partial charge in [-0.05, 0) is 31.9 Å². The molecule has 0 bridgehead atoms. The highest BCUT2D eigenvalue weighted by atomic mass is 16.5. The van der Waals surface area contributed by atoms with Gasteiger partial charge < -0.3 is 15.4 Å². The first-order valence-corrected chi connectivity index (χ1v) is 8.05. The maximum atomic E-state index is 5.45. The number of hydrogen-bond acceptors (Lipinski definition) is 6. The zero-order valence-corrected chi connectivity index (χ0v) is 13.7. The first-order chi connectivity index (χ1) is 11.2. The highest BCUT2D eigenvalue weighted by Gasteiger charge is 2.20. The Morgan fingerprint density at radius 1 is 1.22 bits per heavy atom. The Labute approximate surface area is 136 Å². The summed E-state index contributed by atoms with van der Waals surface area (Å²) in [5, 5.41) is 6.69. The summed E-state index contributed by atoms with van der Waals surface area (Å²) in [5.41, 5.74) is 2.22. The van der Waals surface area contributed by atoms with Gasteiger partial charge >= 0.3 is 0 Å². The fourth-order valence-corrected chi connectivity index (χ4v) is 2.70. The number of rotatable bonds is 6. The lowest BCUT2D eigenvalue weighted by Crippen LogP contribution is -2.16. The average molecular weight is 313 g/mol. The minimum atomic E-state index is 0.395. The van der Waals surface area contributed by atoms with Crippen molar-refractivity contribution in [1.29, 1.82) is 0 Å². The Morgan fingerprint density at radius 3 is 2.87 bits per heavy atom. The van der Waals surface area contributed by atoms with Crippen molar-refractivity contribution in [2.75, 3.05) is 36.9 Å². The van der Waals surface area contributed by atoms with E-state index >= 15 is 0 Å². The smallest absolute Gasteiger partial charge is 0.129 e. The van der Waals surface area contributed by atoms with E-state index in [0.29, 0.717) is 5.92 Å². The first kappa shape index (κ1) is 15.7. The summed E-state index contributed by atoms with van der Waals surface area (Å²) in [5.74, 6) is 2.99. The summed E-state index contributed by atoms with van der Waals surface area (Å²) < 4.78 is 5.45. The molecule has 1 aliphatic heterocycles. The normalized spacial score (nSPS) is 17.2. The van der Waals surface area contributed by atoms with Gasteiger partial charge in [-0.15, -0.1) is 0 Å². The van der Waals surface area contributed by atoms with Crippen molar-refractivity contribution in [1.82, 2.24) is 15.0 Å². The molecule has 6 heteroatoms. The highest BCUT2D eigenvalue weighted by molar-refractivity contribution is 5.43. The molecular formula is C17H23N5O. The van der Waals surface area contributed by atoms with Gasteiger partial charge in [0.05, 0.1) is 12.3 Å². The lowest BCUT2D eigenvalue weighted by Gasteiger charge is -2.12. The molecule has 0 amide bonds. The zero-order valence-electron chi connectivity index (χ0n) is 13.7. The van der Waals surface area contributed by atoms with E-state index in [9.17, 15) is 0 Å². The second kappa shape index (κ2) is 7.37. The quantitative estimate of drug-likeness (QED) is 0.799. The van der Waals surface area contributed by atoms with Crippen LogP contribution in [0.25, 0.3) is 0 Å². The van der Waals surface area contributed by atoms with Crippen LogP contribution in [0.5, 0.6) is 0 Å². The lowest BCUT2D eigenvalue weighted by molar-refractivity contribution is 0.193. The summed E-state index contributed by atoms with van der Waals surface area (Å²) in [4.78, 5) is 13.3. The molecule has 1 atom stereocenters. The van der Waals surface area contributed by atoms with Gasteiger partial charge in [0, 0.05) is 37.9 Å². The predicted octanol–water partition coefficient (Wildman–Crippen LogP) is 2.52. The second-order valence-electron chi connectivity index (χ2n) is 5.81. The van der Waals surface area contributed by atoms with Crippen LogP contribution in [0.1, 0.15) is 29.4 Å². The SMILES string of the molecule is Cc1nc(NCCNc2ncccc2C)cc([C@H]2CCOC2)n1. The zero-order chi connectivity index (χ0) is 16.1. The third-order valence-corrected chi connectivity index (χ3v) is 3.94. The van der Waals surface area contributed by atoms with Crippen LogP contribution in [-0.4, -0.2) is 41.3 Å². The van der Waals surface area contributed by atoms with Gasteiger partial charge in [0.15, 0.2) is 0 Å². The standard InChI is InChI=1S/C17H23N5O/c1-12-4-3-6-19-17(12)20-8-7-18-16-10-15(21-13(2)22-16)14-5-9-23-11-14/h3-4,6,10,14H,5,7-9,11H2,1-2H3,(H,19,20)(H,18,21,22)/t14-/m0/s1. The molecule has 2 aromatic heterocycles.